The fourth-order valence-electron chi connectivity index (χ4n) is 2.69. The average molecular weight is 378 g/mol. The number of nitrogens with two attached hydrogens (primary N) is 1. The van der Waals surface area contributed by atoms with Gasteiger partial charge in [0.15, 0.2) is 0 Å². The Morgan fingerprint density at radius 1 is 1.00 bits per heavy atom. The predicted octanol–water partition coefficient (Wildman–Crippen LogP) is 5.25. The molecule has 4 heteroatoms. The molecule has 0 spiro atoms. The standard InChI is InChI=1S/C20H16BrN3/c1-12-3-4-13(2)16(9-12)17-10-19(24-20(23)18(17)11-22)14-5-7-15(21)8-6-14/h3-10H,1-2H3,(H2,23,24). The van der Waals surface area contributed by atoms with Crippen molar-refractivity contribution in [3.05, 3.63) is 69.7 Å². The second-order valence-corrected chi connectivity index (χ2v) is 6.67. The van der Waals surface area contributed by atoms with Gasteiger partial charge >= 0.3 is 0 Å². The summed E-state index contributed by atoms with van der Waals surface area (Å²) >= 11 is 3.44. The molecule has 1 heterocycles. The third-order valence-corrected chi connectivity index (χ3v) is 4.51. The molecule has 24 heavy (non-hydrogen) atoms. The van der Waals surface area contributed by atoms with Gasteiger partial charge in [0, 0.05) is 15.6 Å². The van der Waals surface area contributed by atoms with Crippen molar-refractivity contribution in [1.82, 2.24) is 4.98 Å². The summed E-state index contributed by atoms with van der Waals surface area (Å²) in [6.07, 6.45) is 0. The second-order valence-electron chi connectivity index (χ2n) is 5.75. The van der Waals surface area contributed by atoms with E-state index in [9.17, 15) is 5.26 Å². The Morgan fingerprint density at radius 3 is 2.38 bits per heavy atom. The maximum absolute atomic E-state index is 9.54. The summed E-state index contributed by atoms with van der Waals surface area (Å²) in [5.74, 6) is 0.258. The van der Waals surface area contributed by atoms with Gasteiger partial charge in [0.2, 0.25) is 0 Å². The van der Waals surface area contributed by atoms with Crippen molar-refractivity contribution in [3.63, 3.8) is 0 Å². The van der Waals surface area contributed by atoms with Crippen molar-refractivity contribution in [2.45, 2.75) is 13.8 Å². The summed E-state index contributed by atoms with van der Waals surface area (Å²) in [5.41, 5.74) is 12.3. The van der Waals surface area contributed by atoms with Gasteiger partial charge in [-0.3, -0.25) is 0 Å². The topological polar surface area (TPSA) is 62.7 Å². The highest BCUT2D eigenvalue weighted by Crippen LogP contribution is 2.33. The van der Waals surface area contributed by atoms with E-state index in [1.165, 1.54) is 0 Å². The molecule has 2 aromatic carbocycles. The van der Waals surface area contributed by atoms with Gasteiger partial charge in [-0.15, -0.1) is 0 Å². The van der Waals surface area contributed by atoms with Crippen LogP contribution in [0.2, 0.25) is 0 Å². The minimum absolute atomic E-state index is 0.258. The maximum Gasteiger partial charge on any atom is 0.142 e. The Hall–Kier alpha value is -2.64. The lowest BCUT2D eigenvalue weighted by Crippen LogP contribution is -2.00. The Morgan fingerprint density at radius 2 is 1.71 bits per heavy atom. The Kier molecular flexibility index (Phi) is 4.37. The van der Waals surface area contributed by atoms with Crippen LogP contribution >= 0.6 is 15.9 Å². The van der Waals surface area contributed by atoms with E-state index < -0.39 is 0 Å². The summed E-state index contributed by atoms with van der Waals surface area (Å²) in [7, 11) is 0. The number of rotatable bonds is 2. The lowest BCUT2D eigenvalue weighted by molar-refractivity contribution is 1.30. The first-order chi connectivity index (χ1) is 11.5. The number of aryl methyl sites for hydroxylation is 2. The fourth-order valence-corrected chi connectivity index (χ4v) is 2.95. The van der Waals surface area contributed by atoms with Crippen molar-refractivity contribution in [3.8, 4) is 28.5 Å². The molecule has 0 bridgehead atoms. The Labute approximate surface area is 149 Å². The van der Waals surface area contributed by atoms with Gasteiger partial charge in [0.05, 0.1) is 5.69 Å². The van der Waals surface area contributed by atoms with Crippen molar-refractivity contribution in [2.75, 3.05) is 5.73 Å². The smallest absolute Gasteiger partial charge is 0.142 e. The molecule has 118 valence electrons. The van der Waals surface area contributed by atoms with E-state index in [1.54, 1.807) is 0 Å². The molecule has 0 saturated carbocycles. The molecule has 3 nitrogen and oxygen atoms in total. The van der Waals surface area contributed by atoms with Gasteiger partial charge in [0.1, 0.15) is 17.5 Å². The summed E-state index contributed by atoms with van der Waals surface area (Å²) < 4.78 is 1.00. The number of hydrogen-bond acceptors (Lipinski definition) is 3. The first kappa shape index (κ1) is 16.2. The highest BCUT2D eigenvalue weighted by Gasteiger charge is 2.15. The second kappa shape index (κ2) is 6.46. The molecule has 0 radical (unpaired) electrons. The van der Waals surface area contributed by atoms with Crippen LogP contribution in [0, 0.1) is 25.2 Å². The number of nitrogen functional groups attached to an aromatic ring is 1. The first-order valence-corrected chi connectivity index (χ1v) is 8.33. The van der Waals surface area contributed by atoms with Crippen LogP contribution in [0.5, 0.6) is 0 Å². The summed E-state index contributed by atoms with van der Waals surface area (Å²) in [6.45, 7) is 4.07. The molecule has 0 saturated heterocycles. The molecular formula is C20H16BrN3. The number of nitrogens with zero attached hydrogens (tertiary/aromatic N) is 2. The lowest BCUT2D eigenvalue weighted by atomic mass is 9.94. The third kappa shape index (κ3) is 3.04. The van der Waals surface area contributed by atoms with Gasteiger partial charge in [0.25, 0.3) is 0 Å². The first-order valence-electron chi connectivity index (χ1n) is 7.54. The summed E-state index contributed by atoms with van der Waals surface area (Å²) in [4.78, 5) is 4.42. The lowest BCUT2D eigenvalue weighted by Gasteiger charge is -2.13. The van der Waals surface area contributed by atoms with Crippen LogP contribution < -0.4 is 5.73 Å². The normalized spacial score (nSPS) is 10.4. The van der Waals surface area contributed by atoms with Crippen molar-refractivity contribution < 1.29 is 0 Å². The molecule has 2 N–H and O–H groups in total. The molecule has 0 unspecified atom stereocenters. The largest absolute Gasteiger partial charge is 0.383 e. The zero-order valence-electron chi connectivity index (χ0n) is 13.5. The van der Waals surface area contributed by atoms with Crippen LogP contribution in [0.4, 0.5) is 5.82 Å². The van der Waals surface area contributed by atoms with Crippen LogP contribution in [0.1, 0.15) is 16.7 Å². The van der Waals surface area contributed by atoms with E-state index in [1.807, 2.05) is 44.2 Å². The van der Waals surface area contributed by atoms with E-state index in [4.69, 9.17) is 5.73 Å². The Bertz CT molecular complexity index is 954. The average Bonchev–Trinajstić information content (AvgIpc) is 2.57. The van der Waals surface area contributed by atoms with Gasteiger partial charge < -0.3 is 5.73 Å². The van der Waals surface area contributed by atoms with Crippen LogP contribution in [0.3, 0.4) is 0 Å². The highest BCUT2D eigenvalue weighted by molar-refractivity contribution is 9.10. The quantitative estimate of drug-likeness (QED) is 0.663. The molecule has 3 rings (SSSR count). The van der Waals surface area contributed by atoms with Gasteiger partial charge in [-0.2, -0.15) is 5.26 Å². The van der Waals surface area contributed by atoms with Crippen LogP contribution in [0.15, 0.2) is 53.0 Å². The highest BCUT2D eigenvalue weighted by atomic mass is 79.9. The molecule has 3 aromatic rings. The number of anilines is 1. The number of pyridine rings is 1. The molecular weight excluding hydrogens is 362 g/mol. The SMILES string of the molecule is Cc1ccc(C)c(-c2cc(-c3ccc(Br)cc3)nc(N)c2C#N)c1. The van der Waals surface area contributed by atoms with E-state index in [0.717, 1.165) is 38.0 Å². The molecule has 0 fully saturated rings. The zero-order chi connectivity index (χ0) is 17.3. The number of benzene rings is 2. The zero-order valence-corrected chi connectivity index (χ0v) is 15.1. The van der Waals surface area contributed by atoms with Crippen LogP contribution in [-0.2, 0) is 0 Å². The minimum atomic E-state index is 0.258. The summed E-state index contributed by atoms with van der Waals surface area (Å²) in [5, 5.41) is 9.54. The van der Waals surface area contributed by atoms with Gasteiger partial charge in [-0.05, 0) is 43.2 Å². The van der Waals surface area contributed by atoms with Crippen LogP contribution in [-0.4, -0.2) is 4.98 Å². The number of hydrogen-bond donors (Lipinski definition) is 1. The van der Waals surface area contributed by atoms with Crippen molar-refractivity contribution in [1.29, 1.82) is 5.26 Å². The fraction of sp³-hybridized carbons (Fsp3) is 0.100. The Balaban J connectivity index is 2.27. The molecule has 0 aliphatic rings. The van der Waals surface area contributed by atoms with Crippen LogP contribution in [0.25, 0.3) is 22.4 Å². The van der Waals surface area contributed by atoms with E-state index >= 15 is 0 Å². The van der Waals surface area contributed by atoms with E-state index in [0.29, 0.717) is 5.56 Å². The summed E-state index contributed by atoms with van der Waals surface area (Å²) in [6, 6.07) is 18.2. The predicted molar refractivity (Wildman–Crippen MR) is 101 cm³/mol. The maximum atomic E-state index is 9.54. The number of nitriles is 1. The van der Waals surface area contributed by atoms with Gasteiger partial charge in [-0.1, -0.05) is 51.8 Å². The third-order valence-electron chi connectivity index (χ3n) is 3.98. The van der Waals surface area contributed by atoms with Crippen molar-refractivity contribution >= 4 is 21.7 Å². The minimum Gasteiger partial charge on any atom is -0.383 e. The molecule has 0 aliphatic heterocycles. The van der Waals surface area contributed by atoms with E-state index in [2.05, 4.69) is 45.2 Å². The number of halogens is 1. The molecule has 0 atom stereocenters. The molecule has 0 aliphatic carbocycles. The molecule has 0 amide bonds. The van der Waals surface area contributed by atoms with E-state index in [-0.39, 0.29) is 5.82 Å². The van der Waals surface area contributed by atoms with Crippen molar-refractivity contribution in [2.24, 2.45) is 0 Å². The monoisotopic (exact) mass is 377 g/mol. The van der Waals surface area contributed by atoms with Gasteiger partial charge in [-0.25, -0.2) is 4.98 Å². The molecule has 1 aromatic heterocycles. The number of aromatic nitrogens is 1.